The summed E-state index contributed by atoms with van der Waals surface area (Å²) < 4.78 is 0. The second-order valence-corrected chi connectivity index (χ2v) is 6.77. The van der Waals surface area contributed by atoms with Crippen LogP contribution in [-0.4, -0.2) is 24.5 Å². The Balaban J connectivity index is 0.00000176. The Labute approximate surface area is 139 Å². The first kappa shape index (κ1) is 17.3. The number of nitrogens with one attached hydrogen (secondary N) is 2. The molecule has 1 amide bonds. The third-order valence-corrected chi connectivity index (χ3v) is 4.86. The topological polar surface area (TPSA) is 41.1 Å². The minimum atomic E-state index is 0. The Morgan fingerprint density at radius 2 is 2.00 bits per heavy atom. The molecule has 3 nitrogen and oxygen atoms in total. The summed E-state index contributed by atoms with van der Waals surface area (Å²) in [5.41, 5.74) is 2.58. The highest BCUT2D eigenvalue weighted by molar-refractivity contribution is 5.85. The van der Waals surface area contributed by atoms with E-state index in [1.807, 2.05) is 0 Å². The number of hydrogen-bond acceptors (Lipinski definition) is 2. The lowest BCUT2D eigenvalue weighted by Crippen LogP contribution is -2.39. The number of fused-ring (bicyclic) bond motifs is 2. The van der Waals surface area contributed by atoms with E-state index < -0.39 is 0 Å². The first-order chi connectivity index (χ1) is 10.2. The molecule has 0 aliphatic carbocycles. The molecule has 2 heterocycles. The first-order valence-corrected chi connectivity index (χ1v) is 8.27. The number of aryl methyl sites for hydroxylation is 1. The lowest BCUT2D eigenvalue weighted by Gasteiger charge is -2.28. The maximum absolute atomic E-state index is 12.1. The van der Waals surface area contributed by atoms with E-state index in [4.69, 9.17) is 0 Å². The Kier molecular flexibility index (Phi) is 6.27. The summed E-state index contributed by atoms with van der Waals surface area (Å²) in [6.07, 6.45) is 6.60. The average molecular weight is 323 g/mol. The number of benzene rings is 1. The number of piperidine rings is 1. The summed E-state index contributed by atoms with van der Waals surface area (Å²) in [6.45, 7) is 2.85. The zero-order valence-corrected chi connectivity index (χ0v) is 14.1. The standard InChI is InChI=1S/C18H26N2O.ClH/c1-13-3-2-4-14(9-13)7-8-19-18(21)12-15-10-16-5-6-17(11-15)20-16;/h2-4,9,15-17,20H,5-8,10-12H2,1H3,(H,19,21);1H. The average Bonchev–Trinajstić information content (AvgIpc) is 2.78. The van der Waals surface area contributed by atoms with Crippen LogP contribution in [0.3, 0.4) is 0 Å². The van der Waals surface area contributed by atoms with E-state index in [1.54, 1.807) is 0 Å². The van der Waals surface area contributed by atoms with Gasteiger partial charge in [-0.25, -0.2) is 0 Å². The fourth-order valence-electron chi connectivity index (χ4n) is 3.89. The summed E-state index contributed by atoms with van der Waals surface area (Å²) >= 11 is 0. The molecule has 2 aliphatic rings. The third-order valence-electron chi connectivity index (χ3n) is 4.86. The molecule has 0 spiro atoms. The van der Waals surface area contributed by atoms with Crippen LogP contribution in [0.15, 0.2) is 24.3 Å². The maximum atomic E-state index is 12.1. The molecule has 122 valence electrons. The Morgan fingerprint density at radius 1 is 1.27 bits per heavy atom. The summed E-state index contributed by atoms with van der Waals surface area (Å²) in [5, 5.41) is 6.72. The van der Waals surface area contributed by atoms with Crippen LogP contribution in [0.4, 0.5) is 0 Å². The van der Waals surface area contributed by atoms with E-state index in [0.29, 0.717) is 24.4 Å². The van der Waals surface area contributed by atoms with Gasteiger partial charge in [-0.2, -0.15) is 0 Å². The molecule has 2 N–H and O–H groups in total. The molecule has 2 aliphatic heterocycles. The van der Waals surface area contributed by atoms with Gasteiger partial charge in [0.1, 0.15) is 0 Å². The fourth-order valence-corrected chi connectivity index (χ4v) is 3.89. The zero-order valence-electron chi connectivity index (χ0n) is 13.3. The van der Waals surface area contributed by atoms with Crippen molar-refractivity contribution in [1.29, 1.82) is 0 Å². The number of carbonyl (C=O) groups is 1. The van der Waals surface area contributed by atoms with Crippen molar-refractivity contribution in [2.45, 2.75) is 57.5 Å². The van der Waals surface area contributed by atoms with Gasteiger partial charge in [-0.1, -0.05) is 29.8 Å². The van der Waals surface area contributed by atoms with Gasteiger partial charge in [-0.3, -0.25) is 4.79 Å². The molecular weight excluding hydrogens is 296 g/mol. The first-order valence-electron chi connectivity index (χ1n) is 8.27. The fraction of sp³-hybridized carbons (Fsp3) is 0.611. The normalized spacial score (nSPS) is 26.3. The summed E-state index contributed by atoms with van der Waals surface area (Å²) in [7, 11) is 0. The van der Waals surface area contributed by atoms with Crippen molar-refractivity contribution in [2.24, 2.45) is 5.92 Å². The van der Waals surface area contributed by atoms with Crippen LogP contribution >= 0.6 is 12.4 Å². The number of rotatable bonds is 5. The van der Waals surface area contributed by atoms with Crippen LogP contribution in [0, 0.1) is 12.8 Å². The second-order valence-electron chi connectivity index (χ2n) is 6.77. The molecule has 2 unspecified atom stereocenters. The van der Waals surface area contributed by atoms with Crippen molar-refractivity contribution in [3.05, 3.63) is 35.4 Å². The van der Waals surface area contributed by atoms with E-state index in [-0.39, 0.29) is 18.3 Å². The third kappa shape index (κ3) is 4.72. The molecule has 2 fully saturated rings. The highest BCUT2D eigenvalue weighted by Crippen LogP contribution is 2.32. The number of carbonyl (C=O) groups excluding carboxylic acids is 1. The van der Waals surface area contributed by atoms with Crippen LogP contribution in [0.2, 0.25) is 0 Å². The minimum absolute atomic E-state index is 0. The molecular formula is C18H27ClN2O. The maximum Gasteiger partial charge on any atom is 0.220 e. The second kappa shape index (κ2) is 7.98. The summed E-state index contributed by atoms with van der Waals surface area (Å²) in [6, 6.07) is 9.85. The van der Waals surface area contributed by atoms with Crippen molar-refractivity contribution in [3.63, 3.8) is 0 Å². The quantitative estimate of drug-likeness (QED) is 0.875. The highest BCUT2D eigenvalue weighted by Gasteiger charge is 2.33. The molecule has 1 aromatic rings. The molecule has 2 bridgehead atoms. The monoisotopic (exact) mass is 322 g/mol. The van der Waals surface area contributed by atoms with Crippen molar-refractivity contribution < 1.29 is 4.79 Å². The number of halogens is 1. The minimum Gasteiger partial charge on any atom is -0.356 e. The largest absolute Gasteiger partial charge is 0.356 e. The van der Waals surface area contributed by atoms with Gasteiger partial charge in [-0.05, 0) is 50.5 Å². The van der Waals surface area contributed by atoms with Crippen LogP contribution in [0.1, 0.15) is 43.2 Å². The van der Waals surface area contributed by atoms with Gasteiger partial charge in [0.25, 0.3) is 0 Å². The Bertz CT molecular complexity index is 494. The van der Waals surface area contributed by atoms with Gasteiger partial charge in [0.2, 0.25) is 5.91 Å². The highest BCUT2D eigenvalue weighted by atomic mass is 35.5. The molecule has 0 radical (unpaired) electrons. The molecule has 2 saturated heterocycles. The summed E-state index contributed by atoms with van der Waals surface area (Å²) in [5.74, 6) is 0.816. The molecule has 1 aromatic carbocycles. The number of hydrogen-bond donors (Lipinski definition) is 2. The van der Waals surface area contributed by atoms with Crippen LogP contribution in [0.25, 0.3) is 0 Å². The molecule has 22 heavy (non-hydrogen) atoms. The van der Waals surface area contributed by atoms with E-state index in [9.17, 15) is 4.79 Å². The summed E-state index contributed by atoms with van der Waals surface area (Å²) in [4.78, 5) is 12.1. The number of amides is 1. The van der Waals surface area contributed by atoms with Crippen molar-refractivity contribution in [3.8, 4) is 0 Å². The van der Waals surface area contributed by atoms with E-state index in [0.717, 1.165) is 13.0 Å². The molecule has 3 rings (SSSR count). The van der Waals surface area contributed by atoms with Crippen LogP contribution in [-0.2, 0) is 11.2 Å². The lowest BCUT2D eigenvalue weighted by atomic mass is 9.89. The SMILES string of the molecule is Cc1cccc(CCNC(=O)CC2CC3CCC(C2)N3)c1.Cl. The molecule has 0 aromatic heterocycles. The molecule has 4 heteroatoms. The van der Waals surface area contributed by atoms with Gasteiger partial charge in [0, 0.05) is 25.0 Å². The Hall–Kier alpha value is -1.06. The van der Waals surface area contributed by atoms with Crippen molar-refractivity contribution in [1.82, 2.24) is 10.6 Å². The van der Waals surface area contributed by atoms with Crippen LogP contribution in [0.5, 0.6) is 0 Å². The van der Waals surface area contributed by atoms with Gasteiger partial charge in [-0.15, -0.1) is 12.4 Å². The van der Waals surface area contributed by atoms with Gasteiger partial charge in [0.05, 0.1) is 0 Å². The van der Waals surface area contributed by atoms with Gasteiger partial charge < -0.3 is 10.6 Å². The Morgan fingerprint density at radius 3 is 2.68 bits per heavy atom. The van der Waals surface area contributed by atoms with E-state index >= 15 is 0 Å². The van der Waals surface area contributed by atoms with E-state index in [2.05, 4.69) is 41.8 Å². The van der Waals surface area contributed by atoms with Gasteiger partial charge >= 0.3 is 0 Å². The predicted molar refractivity (Wildman–Crippen MR) is 92.4 cm³/mol. The lowest BCUT2D eigenvalue weighted by molar-refractivity contribution is -0.122. The zero-order chi connectivity index (χ0) is 14.7. The van der Waals surface area contributed by atoms with Gasteiger partial charge in [0.15, 0.2) is 0 Å². The van der Waals surface area contributed by atoms with Crippen molar-refractivity contribution in [2.75, 3.05) is 6.54 Å². The molecule has 2 atom stereocenters. The molecule has 0 saturated carbocycles. The smallest absolute Gasteiger partial charge is 0.220 e. The van der Waals surface area contributed by atoms with Crippen molar-refractivity contribution >= 4 is 18.3 Å². The predicted octanol–water partition coefficient (Wildman–Crippen LogP) is 3.00. The van der Waals surface area contributed by atoms with E-state index in [1.165, 1.54) is 36.8 Å². The van der Waals surface area contributed by atoms with Crippen LogP contribution < -0.4 is 10.6 Å².